The third-order valence-electron chi connectivity index (χ3n) is 3.40. The molecule has 0 spiro atoms. The van der Waals surface area contributed by atoms with E-state index in [1.165, 1.54) is 22.5 Å². The molecule has 4 nitrogen and oxygen atoms in total. The molecular weight excluding hydrogens is 286 g/mol. The van der Waals surface area contributed by atoms with Gasteiger partial charge in [-0.3, -0.25) is 0 Å². The van der Waals surface area contributed by atoms with Gasteiger partial charge >= 0.3 is 0 Å². The van der Waals surface area contributed by atoms with E-state index in [2.05, 4.69) is 5.32 Å². The summed E-state index contributed by atoms with van der Waals surface area (Å²) in [5, 5.41) is 3.17. The van der Waals surface area contributed by atoms with E-state index >= 15 is 0 Å². The normalized spacial score (nSPS) is 21.4. The van der Waals surface area contributed by atoms with E-state index in [1.807, 2.05) is 6.92 Å². The first-order valence-electron chi connectivity index (χ1n) is 6.44. The molecule has 1 aromatic rings. The largest absolute Gasteiger partial charge is 0.312 e. The standard InChI is InChI=1S/C13H18F2N2O2S/c1-9-7-11(13(14)15)3-4-12(9)20(18,19)17-6-5-16-10(2)8-17/h3-4,7,10,13,16H,5-6,8H2,1-2H3/t10-/m0/s1. The third kappa shape index (κ3) is 2.99. The third-order valence-corrected chi connectivity index (χ3v) is 5.43. The van der Waals surface area contributed by atoms with Gasteiger partial charge in [-0.2, -0.15) is 4.31 Å². The Bertz CT molecular complexity index is 590. The zero-order chi connectivity index (χ0) is 14.9. The molecule has 1 N–H and O–H groups in total. The number of sulfonamides is 1. The molecule has 112 valence electrons. The lowest BCUT2D eigenvalue weighted by Gasteiger charge is -2.31. The van der Waals surface area contributed by atoms with Crippen molar-refractivity contribution in [2.75, 3.05) is 19.6 Å². The molecule has 1 atom stereocenters. The molecular formula is C13H18F2N2O2S. The summed E-state index contributed by atoms with van der Waals surface area (Å²) < 4.78 is 51.7. The van der Waals surface area contributed by atoms with Crippen LogP contribution in [0.2, 0.25) is 0 Å². The van der Waals surface area contributed by atoms with Crippen LogP contribution in [0, 0.1) is 6.92 Å². The van der Waals surface area contributed by atoms with Crippen LogP contribution < -0.4 is 5.32 Å². The summed E-state index contributed by atoms with van der Waals surface area (Å²) in [6, 6.07) is 3.78. The monoisotopic (exact) mass is 304 g/mol. The van der Waals surface area contributed by atoms with E-state index in [-0.39, 0.29) is 16.5 Å². The maximum absolute atomic E-state index is 12.6. The summed E-state index contributed by atoms with van der Waals surface area (Å²) in [7, 11) is -3.62. The zero-order valence-electron chi connectivity index (χ0n) is 11.4. The fourth-order valence-corrected chi connectivity index (χ4v) is 4.09. The first-order valence-corrected chi connectivity index (χ1v) is 7.88. The molecule has 1 fully saturated rings. The number of nitrogens with zero attached hydrogens (tertiary/aromatic N) is 1. The predicted molar refractivity (Wildman–Crippen MR) is 72.4 cm³/mol. The lowest BCUT2D eigenvalue weighted by atomic mass is 10.1. The van der Waals surface area contributed by atoms with E-state index in [9.17, 15) is 17.2 Å². The van der Waals surface area contributed by atoms with Crippen molar-refractivity contribution in [1.29, 1.82) is 0 Å². The molecule has 1 aliphatic rings. The Labute approximate surface area is 117 Å². The number of hydrogen-bond donors (Lipinski definition) is 1. The van der Waals surface area contributed by atoms with Gasteiger partial charge in [-0.05, 0) is 31.5 Å². The molecule has 1 aromatic carbocycles. The Morgan fingerprint density at radius 1 is 1.40 bits per heavy atom. The molecule has 0 aliphatic carbocycles. The highest BCUT2D eigenvalue weighted by atomic mass is 32.2. The lowest BCUT2D eigenvalue weighted by molar-refractivity contribution is 0.151. The molecule has 0 amide bonds. The maximum Gasteiger partial charge on any atom is 0.263 e. The second-order valence-electron chi connectivity index (χ2n) is 5.04. The van der Waals surface area contributed by atoms with Gasteiger partial charge in [-0.1, -0.05) is 6.07 Å². The summed E-state index contributed by atoms with van der Waals surface area (Å²) in [4.78, 5) is 0.107. The topological polar surface area (TPSA) is 49.4 Å². The second-order valence-corrected chi connectivity index (χ2v) is 6.95. The average molecular weight is 304 g/mol. The Balaban J connectivity index is 2.34. The molecule has 0 radical (unpaired) electrons. The SMILES string of the molecule is Cc1cc(C(F)F)ccc1S(=O)(=O)N1CCN[C@@H](C)C1. The quantitative estimate of drug-likeness (QED) is 0.928. The summed E-state index contributed by atoms with van der Waals surface area (Å²) in [5.41, 5.74) is 0.198. The van der Waals surface area contributed by atoms with E-state index < -0.39 is 16.4 Å². The van der Waals surface area contributed by atoms with Gasteiger partial charge in [-0.15, -0.1) is 0 Å². The van der Waals surface area contributed by atoms with Crippen LogP contribution in [0.5, 0.6) is 0 Å². The minimum atomic E-state index is -3.62. The van der Waals surface area contributed by atoms with Crippen LogP contribution >= 0.6 is 0 Å². The molecule has 0 bridgehead atoms. The van der Waals surface area contributed by atoms with Crippen molar-refractivity contribution in [3.63, 3.8) is 0 Å². The Morgan fingerprint density at radius 2 is 2.10 bits per heavy atom. The molecule has 20 heavy (non-hydrogen) atoms. The van der Waals surface area contributed by atoms with Gasteiger partial charge < -0.3 is 5.32 Å². The number of rotatable bonds is 3. The molecule has 0 aromatic heterocycles. The van der Waals surface area contributed by atoms with Crippen LogP contribution in [0.3, 0.4) is 0 Å². The van der Waals surface area contributed by atoms with Crippen LogP contribution in [0.1, 0.15) is 24.5 Å². The fourth-order valence-electron chi connectivity index (χ4n) is 2.35. The lowest BCUT2D eigenvalue weighted by Crippen LogP contribution is -2.51. The zero-order valence-corrected chi connectivity index (χ0v) is 12.3. The van der Waals surface area contributed by atoms with Crippen molar-refractivity contribution in [1.82, 2.24) is 9.62 Å². The van der Waals surface area contributed by atoms with E-state index in [4.69, 9.17) is 0 Å². The van der Waals surface area contributed by atoms with Crippen molar-refractivity contribution >= 4 is 10.0 Å². The van der Waals surface area contributed by atoms with Gasteiger partial charge in [0.05, 0.1) is 4.90 Å². The van der Waals surface area contributed by atoms with Gasteiger partial charge in [0.15, 0.2) is 0 Å². The number of nitrogens with one attached hydrogen (secondary N) is 1. The van der Waals surface area contributed by atoms with Crippen LogP contribution in [0.15, 0.2) is 23.1 Å². The van der Waals surface area contributed by atoms with Crippen LogP contribution in [-0.4, -0.2) is 38.4 Å². The Kier molecular flexibility index (Phi) is 4.41. The Hall–Kier alpha value is -1.05. The molecule has 1 heterocycles. The molecule has 2 rings (SSSR count). The minimum absolute atomic E-state index is 0.0826. The first kappa shape index (κ1) is 15.3. The van der Waals surface area contributed by atoms with Crippen molar-refractivity contribution in [3.8, 4) is 0 Å². The highest BCUT2D eigenvalue weighted by molar-refractivity contribution is 7.89. The number of piperazine rings is 1. The van der Waals surface area contributed by atoms with Crippen molar-refractivity contribution in [3.05, 3.63) is 29.3 Å². The summed E-state index contributed by atoms with van der Waals surface area (Å²) in [6.45, 7) is 4.83. The maximum atomic E-state index is 12.6. The summed E-state index contributed by atoms with van der Waals surface area (Å²) in [5.74, 6) is 0. The highest BCUT2D eigenvalue weighted by Gasteiger charge is 2.29. The molecule has 0 saturated carbocycles. The average Bonchev–Trinajstić information content (AvgIpc) is 2.38. The number of hydrogen-bond acceptors (Lipinski definition) is 3. The fraction of sp³-hybridized carbons (Fsp3) is 0.538. The summed E-state index contributed by atoms with van der Waals surface area (Å²) in [6.07, 6.45) is -2.59. The van der Waals surface area contributed by atoms with Crippen molar-refractivity contribution in [2.24, 2.45) is 0 Å². The predicted octanol–water partition coefficient (Wildman–Crippen LogP) is 1.92. The molecule has 0 unspecified atom stereocenters. The van der Waals surface area contributed by atoms with E-state index in [0.717, 1.165) is 0 Å². The Morgan fingerprint density at radius 3 is 2.65 bits per heavy atom. The molecule has 1 aliphatic heterocycles. The van der Waals surface area contributed by atoms with Gasteiger partial charge in [0.2, 0.25) is 10.0 Å². The van der Waals surface area contributed by atoms with Gasteiger partial charge in [0.1, 0.15) is 0 Å². The van der Waals surface area contributed by atoms with Crippen molar-refractivity contribution < 1.29 is 17.2 Å². The van der Waals surface area contributed by atoms with Crippen molar-refractivity contribution in [2.45, 2.75) is 31.2 Å². The second kappa shape index (κ2) is 5.75. The van der Waals surface area contributed by atoms with Gasteiger partial charge in [0.25, 0.3) is 6.43 Å². The van der Waals surface area contributed by atoms with Gasteiger partial charge in [-0.25, -0.2) is 17.2 Å². The van der Waals surface area contributed by atoms with E-state index in [0.29, 0.717) is 25.2 Å². The minimum Gasteiger partial charge on any atom is -0.312 e. The van der Waals surface area contributed by atoms with Gasteiger partial charge in [0, 0.05) is 31.2 Å². The van der Waals surface area contributed by atoms with E-state index in [1.54, 1.807) is 6.92 Å². The number of alkyl halides is 2. The first-order chi connectivity index (χ1) is 9.32. The summed E-state index contributed by atoms with van der Waals surface area (Å²) >= 11 is 0. The molecule has 1 saturated heterocycles. The molecule has 7 heteroatoms. The smallest absolute Gasteiger partial charge is 0.263 e. The van der Waals surface area contributed by atoms with Crippen LogP contribution in [0.4, 0.5) is 8.78 Å². The number of halogens is 2. The highest BCUT2D eigenvalue weighted by Crippen LogP contribution is 2.26. The number of benzene rings is 1. The van der Waals surface area contributed by atoms with Crippen LogP contribution in [0.25, 0.3) is 0 Å². The number of aryl methyl sites for hydroxylation is 1. The van der Waals surface area contributed by atoms with Crippen LogP contribution in [-0.2, 0) is 10.0 Å².